The van der Waals surface area contributed by atoms with Crippen LogP contribution in [0.4, 0.5) is 0 Å². The second kappa shape index (κ2) is 4.73. The molecule has 2 heterocycles. The van der Waals surface area contributed by atoms with Gasteiger partial charge in [-0.25, -0.2) is 9.97 Å². The maximum absolute atomic E-state index is 10.5. The van der Waals surface area contributed by atoms with Crippen molar-refractivity contribution in [2.24, 2.45) is 0 Å². The van der Waals surface area contributed by atoms with Gasteiger partial charge in [0.05, 0.1) is 12.6 Å². The van der Waals surface area contributed by atoms with E-state index in [1.165, 1.54) is 6.33 Å². The zero-order valence-electron chi connectivity index (χ0n) is 11.9. The normalized spacial score (nSPS) is 11.1. The molecule has 4 aromatic rings. The molecule has 0 fully saturated rings. The number of hydrogen-bond donors (Lipinski definition) is 1. The molecule has 0 aliphatic rings. The molecule has 2 aromatic carbocycles. The number of fused-ring (bicyclic) bond motifs is 2. The molecular weight excluding hydrogens is 278 g/mol. The van der Waals surface area contributed by atoms with Crippen molar-refractivity contribution in [3.05, 3.63) is 55.1 Å². The standard InChI is InChI=1S/C17H13N3O2/c1-22-14-4-2-11-9-20(17(21)15(11)7-14)13-3-5-16-12(6-13)8-18-10-19-16/h2-10,21H,1H3. The lowest BCUT2D eigenvalue weighted by Crippen LogP contribution is -1.91. The van der Waals surface area contributed by atoms with Crippen LogP contribution < -0.4 is 4.74 Å². The largest absolute Gasteiger partial charge is 0.497 e. The second-order valence-electron chi connectivity index (χ2n) is 5.04. The summed E-state index contributed by atoms with van der Waals surface area (Å²) in [5, 5.41) is 13.1. The van der Waals surface area contributed by atoms with Gasteiger partial charge in [0.1, 0.15) is 12.1 Å². The van der Waals surface area contributed by atoms with Crippen molar-refractivity contribution in [3.63, 3.8) is 0 Å². The number of hydrogen-bond acceptors (Lipinski definition) is 4. The average Bonchev–Trinajstić information content (AvgIpc) is 2.90. The van der Waals surface area contributed by atoms with Crippen LogP contribution in [0.15, 0.2) is 55.1 Å². The fraction of sp³-hybridized carbons (Fsp3) is 0.0588. The number of aromatic nitrogens is 3. The monoisotopic (exact) mass is 291 g/mol. The van der Waals surface area contributed by atoms with Gasteiger partial charge in [-0.1, -0.05) is 0 Å². The molecule has 0 saturated carbocycles. The van der Waals surface area contributed by atoms with Gasteiger partial charge >= 0.3 is 0 Å². The molecule has 2 aromatic heterocycles. The fourth-order valence-electron chi connectivity index (χ4n) is 2.62. The first-order valence-corrected chi connectivity index (χ1v) is 6.84. The first-order chi connectivity index (χ1) is 10.8. The molecule has 0 aliphatic heterocycles. The predicted octanol–water partition coefficient (Wildman–Crippen LogP) is 3.29. The second-order valence-corrected chi connectivity index (χ2v) is 5.04. The van der Waals surface area contributed by atoms with Crippen LogP contribution in [0.3, 0.4) is 0 Å². The topological polar surface area (TPSA) is 60.2 Å². The van der Waals surface area contributed by atoms with Gasteiger partial charge in [0, 0.05) is 34.2 Å². The minimum Gasteiger partial charge on any atom is -0.497 e. The van der Waals surface area contributed by atoms with Gasteiger partial charge in [-0.05, 0) is 36.4 Å². The summed E-state index contributed by atoms with van der Waals surface area (Å²) in [6.45, 7) is 0. The Bertz CT molecular complexity index is 992. The Morgan fingerprint density at radius 1 is 1.09 bits per heavy atom. The number of rotatable bonds is 2. The summed E-state index contributed by atoms with van der Waals surface area (Å²) >= 11 is 0. The van der Waals surface area contributed by atoms with Crippen LogP contribution in [0.1, 0.15) is 0 Å². The highest BCUT2D eigenvalue weighted by Crippen LogP contribution is 2.33. The zero-order chi connectivity index (χ0) is 15.1. The molecule has 0 bridgehead atoms. The molecule has 5 heteroatoms. The minimum atomic E-state index is 0.185. The number of aromatic hydroxyl groups is 1. The third-order valence-electron chi connectivity index (χ3n) is 3.76. The highest BCUT2D eigenvalue weighted by molar-refractivity contribution is 5.90. The third-order valence-corrected chi connectivity index (χ3v) is 3.76. The molecule has 0 radical (unpaired) electrons. The lowest BCUT2D eigenvalue weighted by atomic mass is 10.2. The Kier molecular flexibility index (Phi) is 2.72. The first-order valence-electron chi connectivity index (χ1n) is 6.84. The summed E-state index contributed by atoms with van der Waals surface area (Å²) in [6, 6.07) is 11.4. The number of methoxy groups -OCH3 is 1. The molecule has 0 spiro atoms. The van der Waals surface area contributed by atoms with Crippen LogP contribution in [-0.4, -0.2) is 26.8 Å². The highest BCUT2D eigenvalue weighted by Gasteiger charge is 2.11. The highest BCUT2D eigenvalue weighted by atomic mass is 16.5. The van der Waals surface area contributed by atoms with Crippen LogP contribution in [-0.2, 0) is 0 Å². The minimum absolute atomic E-state index is 0.185. The summed E-state index contributed by atoms with van der Waals surface area (Å²) < 4.78 is 6.96. The van der Waals surface area contributed by atoms with Gasteiger partial charge in [-0.2, -0.15) is 0 Å². The van der Waals surface area contributed by atoms with Gasteiger partial charge < -0.3 is 9.84 Å². The summed E-state index contributed by atoms with van der Waals surface area (Å²) in [5.74, 6) is 0.901. The Hall–Kier alpha value is -3.08. The van der Waals surface area contributed by atoms with Crippen LogP contribution in [0.2, 0.25) is 0 Å². The Morgan fingerprint density at radius 2 is 2.00 bits per heavy atom. The summed E-state index contributed by atoms with van der Waals surface area (Å²) in [6.07, 6.45) is 5.18. The van der Waals surface area contributed by atoms with E-state index in [1.54, 1.807) is 17.9 Å². The summed E-state index contributed by atoms with van der Waals surface area (Å²) in [5.41, 5.74) is 1.73. The average molecular weight is 291 g/mol. The van der Waals surface area contributed by atoms with Crippen LogP contribution >= 0.6 is 0 Å². The number of nitrogens with zero attached hydrogens (tertiary/aromatic N) is 3. The SMILES string of the molecule is COc1ccc2cn(-c3ccc4ncncc4c3)c(O)c2c1. The molecule has 4 rings (SSSR count). The molecule has 0 unspecified atom stereocenters. The maximum Gasteiger partial charge on any atom is 0.203 e. The third kappa shape index (κ3) is 1.87. The van der Waals surface area contributed by atoms with E-state index in [1.807, 2.05) is 42.6 Å². The van der Waals surface area contributed by atoms with E-state index in [-0.39, 0.29) is 5.88 Å². The number of ether oxygens (including phenoxy) is 1. The molecule has 5 nitrogen and oxygen atoms in total. The molecule has 0 aliphatic carbocycles. The molecule has 108 valence electrons. The van der Waals surface area contributed by atoms with Crippen molar-refractivity contribution in [3.8, 4) is 17.3 Å². The molecule has 0 amide bonds. The van der Waals surface area contributed by atoms with E-state index < -0.39 is 0 Å². The Labute approximate surface area is 126 Å². The molecular formula is C17H13N3O2. The van der Waals surface area contributed by atoms with Crippen molar-refractivity contribution in [1.29, 1.82) is 0 Å². The van der Waals surface area contributed by atoms with E-state index in [0.717, 1.165) is 27.4 Å². The van der Waals surface area contributed by atoms with Gasteiger partial charge in [0.15, 0.2) is 0 Å². The van der Waals surface area contributed by atoms with Gasteiger partial charge in [-0.3, -0.25) is 4.57 Å². The first kappa shape index (κ1) is 12.6. The van der Waals surface area contributed by atoms with Gasteiger partial charge in [0.25, 0.3) is 0 Å². The fourth-order valence-corrected chi connectivity index (χ4v) is 2.62. The summed E-state index contributed by atoms with van der Waals surface area (Å²) in [7, 11) is 1.61. The van der Waals surface area contributed by atoms with E-state index >= 15 is 0 Å². The van der Waals surface area contributed by atoms with Crippen LogP contribution in [0.25, 0.3) is 27.4 Å². The Balaban J connectivity index is 1.93. The van der Waals surface area contributed by atoms with Crippen molar-refractivity contribution < 1.29 is 9.84 Å². The number of benzene rings is 2. The quantitative estimate of drug-likeness (QED) is 0.615. The van der Waals surface area contributed by atoms with Crippen molar-refractivity contribution in [2.75, 3.05) is 7.11 Å². The van der Waals surface area contributed by atoms with E-state index in [0.29, 0.717) is 5.75 Å². The lowest BCUT2D eigenvalue weighted by Gasteiger charge is -2.06. The van der Waals surface area contributed by atoms with Crippen LogP contribution in [0, 0.1) is 0 Å². The molecule has 1 N–H and O–H groups in total. The molecule has 0 atom stereocenters. The van der Waals surface area contributed by atoms with Gasteiger partial charge in [0.2, 0.25) is 5.88 Å². The predicted molar refractivity (Wildman–Crippen MR) is 84.6 cm³/mol. The zero-order valence-corrected chi connectivity index (χ0v) is 11.9. The maximum atomic E-state index is 10.5. The van der Waals surface area contributed by atoms with Crippen molar-refractivity contribution >= 4 is 21.7 Å². The molecule has 22 heavy (non-hydrogen) atoms. The van der Waals surface area contributed by atoms with Crippen molar-refractivity contribution in [1.82, 2.24) is 14.5 Å². The van der Waals surface area contributed by atoms with Gasteiger partial charge in [-0.15, -0.1) is 0 Å². The smallest absolute Gasteiger partial charge is 0.203 e. The van der Waals surface area contributed by atoms with E-state index in [2.05, 4.69) is 9.97 Å². The lowest BCUT2D eigenvalue weighted by molar-refractivity contribution is 0.414. The Morgan fingerprint density at radius 3 is 2.86 bits per heavy atom. The van der Waals surface area contributed by atoms with E-state index in [4.69, 9.17) is 4.74 Å². The van der Waals surface area contributed by atoms with Crippen LogP contribution in [0.5, 0.6) is 11.6 Å². The van der Waals surface area contributed by atoms with Crippen molar-refractivity contribution in [2.45, 2.75) is 0 Å². The van der Waals surface area contributed by atoms with E-state index in [9.17, 15) is 5.11 Å². The molecule has 0 saturated heterocycles. The summed E-state index contributed by atoms with van der Waals surface area (Å²) in [4.78, 5) is 8.24.